The molecule has 2 N–H and O–H groups in total. The van der Waals surface area contributed by atoms with E-state index in [4.69, 9.17) is 5.84 Å². The van der Waals surface area contributed by atoms with Crippen LogP contribution in [0.25, 0.3) is 11.4 Å². The van der Waals surface area contributed by atoms with Gasteiger partial charge in [0.05, 0.1) is 5.75 Å². The molecule has 0 atom stereocenters. The summed E-state index contributed by atoms with van der Waals surface area (Å²) in [6.07, 6.45) is 0. The summed E-state index contributed by atoms with van der Waals surface area (Å²) in [5.41, 5.74) is 1.94. The minimum absolute atomic E-state index is 0.0733. The third-order valence-corrected chi connectivity index (χ3v) is 4.65. The largest absolute Gasteiger partial charge is 0.378 e. The van der Waals surface area contributed by atoms with Crippen LogP contribution in [0.3, 0.4) is 0 Å². The number of hydrogen-bond acceptors (Lipinski definition) is 6. The summed E-state index contributed by atoms with van der Waals surface area (Å²) in [6.45, 7) is 5.34. The number of carbonyl (C=O) groups is 1. The van der Waals surface area contributed by atoms with Crippen LogP contribution in [-0.4, -0.2) is 58.6 Å². The van der Waals surface area contributed by atoms with E-state index in [-0.39, 0.29) is 5.91 Å². The van der Waals surface area contributed by atoms with Crippen molar-refractivity contribution in [1.82, 2.24) is 19.8 Å². The van der Waals surface area contributed by atoms with Crippen molar-refractivity contribution < 1.29 is 4.79 Å². The summed E-state index contributed by atoms with van der Waals surface area (Å²) in [6, 6.07) is 7.91. The lowest BCUT2D eigenvalue weighted by Crippen LogP contribution is -2.32. The molecule has 0 saturated heterocycles. The van der Waals surface area contributed by atoms with E-state index in [1.165, 1.54) is 16.4 Å². The van der Waals surface area contributed by atoms with Gasteiger partial charge in [-0.3, -0.25) is 4.79 Å². The highest BCUT2D eigenvalue weighted by Gasteiger charge is 2.16. The number of amides is 1. The maximum atomic E-state index is 12.1. The van der Waals surface area contributed by atoms with Gasteiger partial charge in [0.25, 0.3) is 0 Å². The summed E-state index contributed by atoms with van der Waals surface area (Å²) >= 11 is 1.30. The number of hydrogen-bond donors (Lipinski definition) is 1. The minimum Gasteiger partial charge on any atom is -0.378 e. The lowest BCUT2D eigenvalue weighted by atomic mass is 10.2. The van der Waals surface area contributed by atoms with Gasteiger partial charge < -0.3 is 15.6 Å². The van der Waals surface area contributed by atoms with Crippen molar-refractivity contribution >= 4 is 23.4 Å². The zero-order chi connectivity index (χ0) is 17.7. The zero-order valence-corrected chi connectivity index (χ0v) is 15.4. The number of benzene rings is 1. The van der Waals surface area contributed by atoms with Crippen LogP contribution in [0.4, 0.5) is 5.69 Å². The molecule has 0 saturated carbocycles. The van der Waals surface area contributed by atoms with E-state index in [1.807, 2.05) is 57.1 Å². The molecule has 1 heterocycles. The Labute approximate surface area is 146 Å². The number of nitrogens with two attached hydrogens (primary N) is 1. The van der Waals surface area contributed by atoms with Gasteiger partial charge in [-0.2, -0.15) is 0 Å². The van der Waals surface area contributed by atoms with Crippen molar-refractivity contribution in [3.63, 3.8) is 0 Å². The summed E-state index contributed by atoms with van der Waals surface area (Å²) in [4.78, 5) is 15.9. The Hall–Kier alpha value is -2.22. The van der Waals surface area contributed by atoms with Crippen LogP contribution in [0.1, 0.15) is 13.8 Å². The molecular formula is C16H24N6OS. The second-order valence-corrected chi connectivity index (χ2v) is 6.42. The number of anilines is 1. The van der Waals surface area contributed by atoms with E-state index < -0.39 is 0 Å². The van der Waals surface area contributed by atoms with Crippen LogP contribution in [0.5, 0.6) is 0 Å². The molecule has 130 valence electrons. The molecular weight excluding hydrogens is 324 g/mol. The predicted octanol–water partition coefficient (Wildman–Crippen LogP) is 1.69. The van der Waals surface area contributed by atoms with E-state index in [1.54, 1.807) is 4.90 Å². The smallest absolute Gasteiger partial charge is 0.233 e. The number of nitrogens with zero attached hydrogens (tertiary/aromatic N) is 5. The Bertz CT molecular complexity index is 696. The van der Waals surface area contributed by atoms with Crippen LogP contribution in [0, 0.1) is 0 Å². The van der Waals surface area contributed by atoms with Crippen molar-refractivity contribution in [2.75, 3.05) is 43.7 Å². The third-order valence-electron chi connectivity index (χ3n) is 3.73. The number of carbonyl (C=O) groups excluding carboxylic acids is 1. The van der Waals surface area contributed by atoms with Gasteiger partial charge in [0.1, 0.15) is 0 Å². The third kappa shape index (κ3) is 4.00. The number of nitrogen functional groups attached to an aromatic ring is 1. The molecule has 0 spiro atoms. The molecule has 2 rings (SSSR count). The van der Waals surface area contributed by atoms with Gasteiger partial charge in [-0.15, -0.1) is 10.2 Å². The average Bonchev–Trinajstić information content (AvgIpc) is 2.95. The highest BCUT2D eigenvalue weighted by Crippen LogP contribution is 2.24. The summed E-state index contributed by atoms with van der Waals surface area (Å²) in [7, 11) is 3.96. The van der Waals surface area contributed by atoms with E-state index in [2.05, 4.69) is 10.2 Å². The van der Waals surface area contributed by atoms with Gasteiger partial charge in [-0.05, 0) is 26.0 Å². The molecule has 1 aromatic heterocycles. The predicted molar refractivity (Wildman–Crippen MR) is 98.6 cm³/mol. The molecule has 0 unspecified atom stereocenters. The molecule has 0 fully saturated rings. The van der Waals surface area contributed by atoms with Crippen molar-refractivity contribution in [2.45, 2.75) is 19.0 Å². The Morgan fingerprint density at radius 1 is 1.25 bits per heavy atom. The Morgan fingerprint density at radius 2 is 1.96 bits per heavy atom. The van der Waals surface area contributed by atoms with E-state index in [0.717, 1.165) is 11.3 Å². The number of rotatable bonds is 7. The molecule has 0 radical (unpaired) electrons. The molecule has 0 aliphatic heterocycles. The standard InChI is InChI=1S/C16H24N6OS/c1-5-21(6-2)14(23)11-24-16-19-18-15(22(16)17)12-8-7-9-13(10-12)20(3)4/h7-10H,5-6,11,17H2,1-4H3. The summed E-state index contributed by atoms with van der Waals surface area (Å²) in [5.74, 6) is 7.07. The first kappa shape index (κ1) is 18.1. The van der Waals surface area contributed by atoms with Crippen molar-refractivity contribution in [1.29, 1.82) is 0 Å². The second-order valence-electron chi connectivity index (χ2n) is 5.48. The SMILES string of the molecule is CCN(CC)C(=O)CSc1nnc(-c2cccc(N(C)C)c2)n1N. The molecule has 2 aromatic rings. The van der Waals surface area contributed by atoms with Crippen molar-refractivity contribution in [2.24, 2.45) is 0 Å². The van der Waals surface area contributed by atoms with Crippen LogP contribution < -0.4 is 10.7 Å². The Balaban J connectivity index is 2.14. The fourth-order valence-corrected chi connectivity index (χ4v) is 3.05. The number of thioether (sulfide) groups is 1. The first-order valence-corrected chi connectivity index (χ1v) is 8.85. The average molecular weight is 348 g/mol. The monoisotopic (exact) mass is 348 g/mol. The lowest BCUT2D eigenvalue weighted by Gasteiger charge is -2.17. The molecule has 0 aliphatic rings. The number of aromatic nitrogens is 3. The summed E-state index contributed by atoms with van der Waals surface area (Å²) < 4.78 is 1.44. The maximum absolute atomic E-state index is 12.1. The zero-order valence-electron chi connectivity index (χ0n) is 14.6. The van der Waals surface area contributed by atoms with Gasteiger partial charge in [-0.1, -0.05) is 23.9 Å². The molecule has 1 aromatic carbocycles. The summed E-state index contributed by atoms with van der Waals surface area (Å²) in [5, 5.41) is 8.82. The molecule has 7 nitrogen and oxygen atoms in total. The van der Waals surface area contributed by atoms with E-state index >= 15 is 0 Å². The van der Waals surface area contributed by atoms with Crippen molar-refractivity contribution in [3.8, 4) is 11.4 Å². The van der Waals surface area contributed by atoms with E-state index in [9.17, 15) is 4.79 Å². The fourth-order valence-electron chi connectivity index (χ4n) is 2.29. The molecule has 8 heteroatoms. The van der Waals surface area contributed by atoms with Crippen LogP contribution in [0.2, 0.25) is 0 Å². The van der Waals surface area contributed by atoms with Crippen LogP contribution >= 0.6 is 11.8 Å². The van der Waals surface area contributed by atoms with Crippen LogP contribution in [0.15, 0.2) is 29.4 Å². The quantitative estimate of drug-likeness (QED) is 0.606. The van der Waals surface area contributed by atoms with E-state index in [0.29, 0.717) is 29.8 Å². The molecule has 0 bridgehead atoms. The van der Waals surface area contributed by atoms with Gasteiger partial charge in [0.2, 0.25) is 11.1 Å². The van der Waals surface area contributed by atoms with Crippen LogP contribution in [-0.2, 0) is 4.79 Å². The maximum Gasteiger partial charge on any atom is 0.233 e. The Morgan fingerprint density at radius 3 is 2.58 bits per heavy atom. The highest BCUT2D eigenvalue weighted by atomic mass is 32.2. The minimum atomic E-state index is 0.0733. The Kier molecular flexibility index (Phi) is 6.08. The first-order chi connectivity index (χ1) is 11.5. The van der Waals surface area contributed by atoms with Crippen molar-refractivity contribution in [3.05, 3.63) is 24.3 Å². The molecule has 24 heavy (non-hydrogen) atoms. The normalized spacial score (nSPS) is 10.7. The topological polar surface area (TPSA) is 80.3 Å². The highest BCUT2D eigenvalue weighted by molar-refractivity contribution is 7.99. The van der Waals surface area contributed by atoms with Gasteiger partial charge in [0.15, 0.2) is 5.82 Å². The van der Waals surface area contributed by atoms with Gasteiger partial charge in [0, 0.05) is 38.4 Å². The molecule has 1 amide bonds. The first-order valence-electron chi connectivity index (χ1n) is 7.86. The fraction of sp³-hybridized carbons (Fsp3) is 0.438. The lowest BCUT2D eigenvalue weighted by molar-refractivity contribution is -0.127. The second kappa shape index (κ2) is 8.05. The van der Waals surface area contributed by atoms with Gasteiger partial charge >= 0.3 is 0 Å². The molecule has 0 aliphatic carbocycles. The van der Waals surface area contributed by atoms with Gasteiger partial charge in [-0.25, -0.2) is 4.68 Å².